The van der Waals surface area contributed by atoms with Crippen molar-refractivity contribution in [1.29, 1.82) is 16.1 Å². The number of rotatable bonds is 0. The fourth-order valence-electron chi connectivity index (χ4n) is 1.44. The Bertz CT molecular complexity index is 504. The van der Waals surface area contributed by atoms with Crippen molar-refractivity contribution in [1.82, 2.24) is 0 Å². The molecule has 0 spiro atoms. The second-order valence-electron chi connectivity index (χ2n) is 3.01. The first-order valence-corrected chi connectivity index (χ1v) is 4.13. The zero-order valence-corrected chi connectivity index (χ0v) is 7.33. The molecule has 0 bridgehead atoms. The Morgan fingerprint density at radius 2 is 1.79 bits per heavy atom. The Morgan fingerprint density at radius 3 is 2.50 bits per heavy atom. The van der Waals surface area contributed by atoms with Gasteiger partial charge < -0.3 is 0 Å². The predicted octanol–water partition coefficient (Wildman–Crippen LogP) is 1.99. The summed E-state index contributed by atoms with van der Waals surface area (Å²) >= 11 is 0. The molecule has 14 heavy (non-hydrogen) atoms. The topological polar surface area (TPSA) is 71.5 Å². The van der Waals surface area contributed by atoms with E-state index in [9.17, 15) is 0 Å². The van der Waals surface area contributed by atoms with Gasteiger partial charge in [-0.2, -0.15) is 5.26 Å². The molecule has 1 aromatic rings. The number of allylic oxidation sites excluding steroid dienone is 1. The lowest BCUT2D eigenvalue weighted by Gasteiger charge is -2.13. The molecule has 0 atom stereocenters. The highest BCUT2D eigenvalue weighted by molar-refractivity contribution is 6.54. The zero-order valence-electron chi connectivity index (χ0n) is 7.33. The molecule has 0 amide bonds. The normalized spacial score (nSPS) is 14.4. The van der Waals surface area contributed by atoms with Crippen molar-refractivity contribution in [3.05, 3.63) is 41.0 Å². The lowest BCUT2D eigenvalue weighted by Crippen LogP contribution is -2.19. The van der Waals surface area contributed by atoms with Gasteiger partial charge in [0, 0.05) is 5.56 Å². The van der Waals surface area contributed by atoms with Gasteiger partial charge in [0.25, 0.3) is 0 Å². The minimum absolute atomic E-state index is 0.00574. The van der Waals surface area contributed by atoms with E-state index in [0.717, 1.165) is 11.1 Å². The van der Waals surface area contributed by atoms with Crippen molar-refractivity contribution in [2.24, 2.45) is 0 Å². The average molecular weight is 181 g/mol. The maximum absolute atomic E-state index is 8.75. The number of nitriles is 1. The van der Waals surface area contributed by atoms with Gasteiger partial charge in [0.2, 0.25) is 0 Å². The lowest BCUT2D eigenvalue weighted by atomic mass is 9.89. The molecule has 0 fully saturated rings. The zero-order chi connectivity index (χ0) is 10.1. The van der Waals surface area contributed by atoms with E-state index >= 15 is 0 Å². The van der Waals surface area contributed by atoms with Crippen LogP contribution in [0.25, 0.3) is 6.08 Å². The molecule has 2 rings (SSSR count). The fourth-order valence-corrected chi connectivity index (χ4v) is 1.44. The maximum atomic E-state index is 8.75. The summed E-state index contributed by atoms with van der Waals surface area (Å²) in [5, 5.41) is 24.0. The molecule has 0 unspecified atom stereocenters. The third-order valence-corrected chi connectivity index (χ3v) is 2.17. The molecule has 0 saturated carbocycles. The van der Waals surface area contributed by atoms with Gasteiger partial charge in [-0.25, -0.2) is 0 Å². The van der Waals surface area contributed by atoms with E-state index in [1.165, 1.54) is 0 Å². The number of nitrogens with zero attached hydrogens (tertiary/aromatic N) is 1. The number of fused-ring (bicyclic) bond motifs is 1. The summed E-state index contributed by atoms with van der Waals surface area (Å²) in [6.45, 7) is 0. The second kappa shape index (κ2) is 2.93. The highest BCUT2D eigenvalue weighted by atomic mass is 14.5. The van der Waals surface area contributed by atoms with Gasteiger partial charge in [0.05, 0.1) is 17.0 Å². The number of benzene rings is 1. The Morgan fingerprint density at radius 1 is 1.07 bits per heavy atom. The monoisotopic (exact) mass is 181 g/mol. The lowest BCUT2D eigenvalue weighted by molar-refractivity contribution is 1.42. The van der Waals surface area contributed by atoms with Crippen LogP contribution in [0.15, 0.2) is 29.8 Å². The quantitative estimate of drug-likeness (QED) is 0.631. The van der Waals surface area contributed by atoms with Crippen LogP contribution in [0.1, 0.15) is 11.1 Å². The van der Waals surface area contributed by atoms with Crippen LogP contribution in [0.4, 0.5) is 0 Å². The first-order valence-electron chi connectivity index (χ1n) is 4.13. The molecule has 0 radical (unpaired) electrons. The first kappa shape index (κ1) is 8.39. The van der Waals surface area contributed by atoms with Gasteiger partial charge in [-0.15, -0.1) is 0 Å². The van der Waals surface area contributed by atoms with Gasteiger partial charge in [0.15, 0.2) is 0 Å². The molecule has 1 aliphatic carbocycles. The standard InChI is InChI=1S/C11H7N3/c12-6-8-5-7-3-1-2-4-9(7)11(14)10(8)13/h1-5,13-14H. The Labute approximate surface area is 81.3 Å². The molecule has 3 heteroatoms. The molecule has 1 aliphatic rings. The van der Waals surface area contributed by atoms with Crippen molar-refractivity contribution >= 4 is 17.5 Å². The van der Waals surface area contributed by atoms with Crippen molar-refractivity contribution in [2.75, 3.05) is 0 Å². The molecule has 0 saturated heterocycles. The third-order valence-electron chi connectivity index (χ3n) is 2.17. The van der Waals surface area contributed by atoms with E-state index in [0.29, 0.717) is 0 Å². The SMILES string of the molecule is N#CC1=Cc2ccccc2C(=N)C1=N. The molecule has 66 valence electrons. The molecule has 3 nitrogen and oxygen atoms in total. The van der Waals surface area contributed by atoms with Crippen molar-refractivity contribution in [2.45, 2.75) is 0 Å². The summed E-state index contributed by atoms with van der Waals surface area (Å²) in [4.78, 5) is 0. The van der Waals surface area contributed by atoms with Crippen LogP contribution in [-0.2, 0) is 0 Å². The van der Waals surface area contributed by atoms with E-state index in [1.54, 1.807) is 12.1 Å². The molecule has 2 N–H and O–H groups in total. The van der Waals surface area contributed by atoms with E-state index in [2.05, 4.69) is 0 Å². The van der Waals surface area contributed by atoms with Crippen LogP contribution in [0.5, 0.6) is 0 Å². The minimum atomic E-state index is 0.00574. The summed E-state index contributed by atoms with van der Waals surface area (Å²) in [6, 6.07) is 9.23. The van der Waals surface area contributed by atoms with Crippen LogP contribution in [-0.4, -0.2) is 11.4 Å². The van der Waals surface area contributed by atoms with Crippen LogP contribution in [0, 0.1) is 22.1 Å². The Balaban J connectivity index is 2.71. The minimum Gasteiger partial charge on any atom is -0.298 e. The smallest absolute Gasteiger partial charge is 0.101 e. The first-order chi connectivity index (χ1) is 6.74. The maximum Gasteiger partial charge on any atom is 0.101 e. The molecule has 0 aliphatic heterocycles. The van der Waals surface area contributed by atoms with Crippen LogP contribution in [0.2, 0.25) is 0 Å². The van der Waals surface area contributed by atoms with Crippen molar-refractivity contribution in [3.63, 3.8) is 0 Å². The number of hydrogen-bond acceptors (Lipinski definition) is 3. The predicted molar refractivity (Wildman–Crippen MR) is 54.6 cm³/mol. The summed E-state index contributed by atoms with van der Waals surface area (Å²) < 4.78 is 0. The van der Waals surface area contributed by atoms with E-state index in [4.69, 9.17) is 16.1 Å². The molecule has 1 aromatic carbocycles. The Hall–Kier alpha value is -2.21. The second-order valence-corrected chi connectivity index (χ2v) is 3.01. The molecule has 0 heterocycles. The van der Waals surface area contributed by atoms with Gasteiger partial charge in [-0.3, -0.25) is 10.8 Å². The number of hydrogen-bond donors (Lipinski definition) is 2. The molecule has 0 aromatic heterocycles. The van der Waals surface area contributed by atoms with Gasteiger partial charge in [-0.1, -0.05) is 24.3 Å². The highest BCUT2D eigenvalue weighted by Gasteiger charge is 2.19. The van der Waals surface area contributed by atoms with E-state index in [-0.39, 0.29) is 17.0 Å². The van der Waals surface area contributed by atoms with Crippen LogP contribution in [0.3, 0.4) is 0 Å². The summed E-state index contributed by atoms with van der Waals surface area (Å²) in [7, 11) is 0. The van der Waals surface area contributed by atoms with E-state index < -0.39 is 0 Å². The summed E-state index contributed by atoms with van der Waals surface area (Å²) in [5.41, 5.74) is 1.95. The molecular weight excluding hydrogens is 174 g/mol. The highest BCUT2D eigenvalue weighted by Crippen LogP contribution is 2.20. The van der Waals surface area contributed by atoms with Crippen molar-refractivity contribution < 1.29 is 0 Å². The summed E-state index contributed by atoms with van der Waals surface area (Å²) in [5.74, 6) is 0. The van der Waals surface area contributed by atoms with Crippen LogP contribution >= 0.6 is 0 Å². The largest absolute Gasteiger partial charge is 0.298 e. The summed E-state index contributed by atoms with van der Waals surface area (Å²) in [6.07, 6.45) is 1.65. The number of nitrogens with one attached hydrogen (secondary N) is 2. The van der Waals surface area contributed by atoms with Gasteiger partial charge >= 0.3 is 0 Å². The van der Waals surface area contributed by atoms with Crippen LogP contribution < -0.4 is 0 Å². The fraction of sp³-hybridized carbons (Fsp3) is 0. The Kier molecular flexibility index (Phi) is 1.76. The van der Waals surface area contributed by atoms with Gasteiger partial charge in [0.1, 0.15) is 6.07 Å². The van der Waals surface area contributed by atoms with Crippen molar-refractivity contribution in [3.8, 4) is 6.07 Å². The molecular formula is C11H7N3. The van der Waals surface area contributed by atoms with E-state index in [1.807, 2.05) is 24.3 Å². The third kappa shape index (κ3) is 1.05. The average Bonchev–Trinajstić information content (AvgIpc) is 2.23. The van der Waals surface area contributed by atoms with Gasteiger partial charge in [-0.05, 0) is 11.6 Å².